The van der Waals surface area contributed by atoms with Gasteiger partial charge in [0.2, 0.25) is 0 Å². The van der Waals surface area contributed by atoms with E-state index < -0.39 is 12.5 Å². The first-order valence-corrected chi connectivity index (χ1v) is 10.9. The topological polar surface area (TPSA) is 47.3 Å². The van der Waals surface area contributed by atoms with E-state index in [9.17, 15) is 18.3 Å². The van der Waals surface area contributed by atoms with Crippen LogP contribution in [-0.2, 0) is 6.54 Å². The van der Waals surface area contributed by atoms with E-state index in [0.29, 0.717) is 30.1 Å². The van der Waals surface area contributed by atoms with Gasteiger partial charge in [0, 0.05) is 12.1 Å². The Morgan fingerprint density at radius 2 is 1.83 bits per heavy atom. The number of nitrogens with zero attached hydrogens (tertiary/aromatic N) is 2. The van der Waals surface area contributed by atoms with Crippen LogP contribution in [0, 0.1) is 11.8 Å². The van der Waals surface area contributed by atoms with Gasteiger partial charge in [0.05, 0.1) is 17.5 Å². The molecule has 3 rings (SSSR count). The molecule has 0 spiro atoms. The zero-order valence-electron chi connectivity index (χ0n) is 17.7. The molecule has 4 nitrogen and oxygen atoms in total. The van der Waals surface area contributed by atoms with E-state index in [4.69, 9.17) is 0 Å². The average molecular weight is 425 g/mol. The summed E-state index contributed by atoms with van der Waals surface area (Å²) in [5.74, 6) is 0.925. The summed E-state index contributed by atoms with van der Waals surface area (Å²) in [5.41, 5.74) is 2.06. The maximum Gasteiger partial charge on any atom is 0.573 e. The lowest BCUT2D eigenvalue weighted by Crippen LogP contribution is -2.16. The predicted molar refractivity (Wildman–Crippen MR) is 110 cm³/mol. The summed E-state index contributed by atoms with van der Waals surface area (Å²) >= 11 is 0. The van der Waals surface area contributed by atoms with Gasteiger partial charge in [-0.3, -0.25) is 4.68 Å². The molecule has 0 radical (unpaired) electrons. The number of aromatic nitrogens is 2. The molecule has 1 N–H and O–H groups in total. The molecule has 0 aliphatic heterocycles. The number of alkyl halides is 3. The van der Waals surface area contributed by atoms with E-state index in [2.05, 4.69) is 16.8 Å². The number of hydrogen-bond donors (Lipinski definition) is 1. The second-order valence-electron chi connectivity index (χ2n) is 8.44. The monoisotopic (exact) mass is 424 g/mol. The lowest BCUT2D eigenvalue weighted by Gasteiger charge is -2.25. The van der Waals surface area contributed by atoms with E-state index in [-0.39, 0.29) is 5.75 Å². The van der Waals surface area contributed by atoms with Crippen LogP contribution in [0.15, 0.2) is 30.3 Å². The second-order valence-corrected chi connectivity index (χ2v) is 8.44. The molecule has 1 aromatic carbocycles. The van der Waals surface area contributed by atoms with E-state index >= 15 is 0 Å². The van der Waals surface area contributed by atoms with Crippen LogP contribution in [0.25, 0.3) is 11.3 Å². The minimum atomic E-state index is -4.71. The van der Waals surface area contributed by atoms with Crippen LogP contribution in [-0.4, -0.2) is 21.2 Å². The quantitative estimate of drug-likeness (QED) is 0.526. The minimum Gasteiger partial charge on any atom is -0.406 e. The first-order valence-electron chi connectivity index (χ1n) is 10.9. The second kappa shape index (κ2) is 9.86. The number of aliphatic hydroxyl groups excluding tert-OH is 1. The summed E-state index contributed by atoms with van der Waals surface area (Å²) in [6.45, 7) is 4.77. The van der Waals surface area contributed by atoms with Crippen molar-refractivity contribution < 1.29 is 23.0 Å². The Balaban J connectivity index is 1.67. The number of rotatable bonds is 8. The molecule has 1 fully saturated rings. The summed E-state index contributed by atoms with van der Waals surface area (Å²) in [6, 6.07) is 7.48. The fourth-order valence-electron chi connectivity index (χ4n) is 4.51. The Morgan fingerprint density at radius 1 is 1.17 bits per heavy atom. The van der Waals surface area contributed by atoms with Crippen molar-refractivity contribution in [3.8, 4) is 17.0 Å². The molecular weight excluding hydrogens is 393 g/mol. The minimum absolute atomic E-state index is 0.266. The number of aryl methyl sites for hydroxylation is 1. The molecule has 0 amide bonds. The van der Waals surface area contributed by atoms with E-state index in [0.717, 1.165) is 18.0 Å². The van der Waals surface area contributed by atoms with E-state index in [1.807, 2.05) is 13.0 Å². The first kappa shape index (κ1) is 22.7. The summed E-state index contributed by atoms with van der Waals surface area (Å²) < 4.78 is 42.7. The molecule has 2 atom stereocenters. The van der Waals surface area contributed by atoms with Gasteiger partial charge in [-0.15, -0.1) is 13.2 Å². The Kier molecular flexibility index (Phi) is 7.45. The lowest BCUT2D eigenvalue weighted by molar-refractivity contribution is -0.274. The summed E-state index contributed by atoms with van der Waals surface area (Å²) in [5, 5.41) is 15.4. The third-order valence-electron chi connectivity index (χ3n) is 5.92. The van der Waals surface area contributed by atoms with Crippen molar-refractivity contribution >= 4 is 0 Å². The van der Waals surface area contributed by atoms with Crippen LogP contribution < -0.4 is 4.74 Å². The molecule has 1 aliphatic rings. The van der Waals surface area contributed by atoms with Crippen LogP contribution in [0.4, 0.5) is 13.2 Å². The van der Waals surface area contributed by atoms with Crippen molar-refractivity contribution in [3.05, 3.63) is 36.0 Å². The molecule has 2 aromatic rings. The maximum absolute atomic E-state index is 12.3. The van der Waals surface area contributed by atoms with Gasteiger partial charge in [0.25, 0.3) is 0 Å². The predicted octanol–water partition coefficient (Wildman–Crippen LogP) is 6.50. The molecule has 2 unspecified atom stereocenters. The first-order chi connectivity index (χ1) is 14.2. The van der Waals surface area contributed by atoms with Gasteiger partial charge in [0.1, 0.15) is 5.75 Å². The zero-order chi connectivity index (χ0) is 21.7. The molecule has 30 heavy (non-hydrogen) atoms. The Labute approximate surface area is 176 Å². The van der Waals surface area contributed by atoms with Crippen LogP contribution in [0.3, 0.4) is 0 Å². The van der Waals surface area contributed by atoms with Crippen LogP contribution in [0.5, 0.6) is 5.75 Å². The molecular formula is C23H31F3N2O2. The summed E-state index contributed by atoms with van der Waals surface area (Å²) in [7, 11) is 0. The van der Waals surface area contributed by atoms with Gasteiger partial charge in [-0.05, 0) is 61.9 Å². The summed E-state index contributed by atoms with van der Waals surface area (Å²) in [6.07, 6.45) is 3.07. The van der Waals surface area contributed by atoms with Gasteiger partial charge in [-0.25, -0.2) is 0 Å². The SMILES string of the molecule is CCn1nc(-c2ccc(OC(F)(F)F)cc2)cc1C(O)CC(C)CC1CCCCC1. The molecule has 1 saturated carbocycles. The molecule has 166 valence electrons. The van der Waals surface area contributed by atoms with Crippen molar-refractivity contribution in [1.29, 1.82) is 0 Å². The largest absolute Gasteiger partial charge is 0.573 e. The zero-order valence-corrected chi connectivity index (χ0v) is 17.7. The van der Waals surface area contributed by atoms with Gasteiger partial charge in [-0.2, -0.15) is 5.10 Å². The van der Waals surface area contributed by atoms with E-state index in [1.54, 1.807) is 16.8 Å². The van der Waals surface area contributed by atoms with Gasteiger partial charge in [0.15, 0.2) is 0 Å². The van der Waals surface area contributed by atoms with Gasteiger partial charge < -0.3 is 9.84 Å². The molecule has 1 aromatic heterocycles. The molecule has 7 heteroatoms. The van der Waals surface area contributed by atoms with Gasteiger partial charge in [-0.1, -0.05) is 39.0 Å². The smallest absolute Gasteiger partial charge is 0.406 e. The number of halogens is 3. The van der Waals surface area contributed by atoms with Crippen LogP contribution in [0.1, 0.15) is 70.6 Å². The maximum atomic E-state index is 12.3. The number of aliphatic hydroxyl groups is 1. The highest BCUT2D eigenvalue weighted by atomic mass is 19.4. The van der Waals surface area contributed by atoms with E-state index in [1.165, 1.54) is 44.2 Å². The van der Waals surface area contributed by atoms with Crippen molar-refractivity contribution in [3.63, 3.8) is 0 Å². The number of ether oxygens (including phenoxy) is 1. The highest BCUT2D eigenvalue weighted by Gasteiger charge is 2.31. The number of hydrogen-bond acceptors (Lipinski definition) is 3. The Morgan fingerprint density at radius 3 is 2.43 bits per heavy atom. The molecule has 0 bridgehead atoms. The molecule has 1 heterocycles. The van der Waals surface area contributed by atoms with Crippen molar-refractivity contribution in [2.75, 3.05) is 0 Å². The van der Waals surface area contributed by atoms with Crippen LogP contribution in [0.2, 0.25) is 0 Å². The average Bonchev–Trinajstić information content (AvgIpc) is 3.12. The summed E-state index contributed by atoms with van der Waals surface area (Å²) in [4.78, 5) is 0. The molecule has 0 saturated heterocycles. The highest BCUT2D eigenvalue weighted by Crippen LogP contribution is 2.33. The Hall–Kier alpha value is -2.02. The van der Waals surface area contributed by atoms with Crippen LogP contribution >= 0.6 is 0 Å². The Bertz CT molecular complexity index is 796. The standard InChI is InChI=1S/C23H31F3N2O2/c1-3-28-21(22(29)14-16(2)13-17-7-5-4-6-8-17)15-20(27-28)18-9-11-19(12-10-18)30-23(24,25)26/h9-12,15-17,22,29H,3-8,13-14H2,1-2H3. The molecule has 1 aliphatic carbocycles. The lowest BCUT2D eigenvalue weighted by atomic mass is 9.81. The van der Waals surface area contributed by atoms with Crippen molar-refractivity contribution in [2.45, 2.75) is 77.8 Å². The fourth-order valence-corrected chi connectivity index (χ4v) is 4.51. The normalized spacial score (nSPS) is 17.7. The third kappa shape index (κ3) is 6.24. The van der Waals surface area contributed by atoms with Crippen molar-refractivity contribution in [1.82, 2.24) is 9.78 Å². The highest BCUT2D eigenvalue weighted by molar-refractivity contribution is 5.60. The third-order valence-corrected chi connectivity index (χ3v) is 5.92. The van der Waals surface area contributed by atoms with Gasteiger partial charge >= 0.3 is 6.36 Å². The van der Waals surface area contributed by atoms with Crippen molar-refractivity contribution in [2.24, 2.45) is 11.8 Å². The fraction of sp³-hybridized carbons (Fsp3) is 0.609. The number of benzene rings is 1.